The van der Waals surface area contributed by atoms with Crippen molar-refractivity contribution < 1.29 is 33.3 Å². The molecule has 0 spiro atoms. The molecule has 0 unspecified atom stereocenters. The third-order valence-electron chi connectivity index (χ3n) is 4.50. The van der Waals surface area contributed by atoms with Crippen molar-refractivity contribution in [2.24, 2.45) is 0 Å². The number of ether oxygens (including phenoxy) is 4. The Morgan fingerprint density at radius 1 is 1.00 bits per heavy atom. The maximum Gasteiger partial charge on any atom is 0.348 e. The van der Waals surface area contributed by atoms with Gasteiger partial charge in [-0.15, -0.1) is 11.3 Å². The molecule has 0 saturated heterocycles. The number of carbonyl (C=O) groups excluding carboxylic acids is 3. The summed E-state index contributed by atoms with van der Waals surface area (Å²) in [4.78, 5) is 37.6. The number of aryl methyl sites for hydroxylation is 1. The molecule has 0 aliphatic heterocycles. The zero-order valence-corrected chi connectivity index (χ0v) is 19.1. The lowest BCUT2D eigenvalue weighted by Crippen LogP contribution is -2.21. The molecule has 2 rings (SSSR count). The van der Waals surface area contributed by atoms with Gasteiger partial charge in [0.05, 0.1) is 18.8 Å². The van der Waals surface area contributed by atoms with Crippen LogP contribution in [0.15, 0.2) is 18.2 Å². The van der Waals surface area contributed by atoms with Gasteiger partial charge in [0, 0.05) is 7.11 Å². The van der Waals surface area contributed by atoms with Crippen molar-refractivity contribution in [2.45, 2.75) is 27.7 Å². The van der Waals surface area contributed by atoms with Crippen molar-refractivity contribution in [3.8, 4) is 5.75 Å². The Hall–Kier alpha value is -2.91. The van der Waals surface area contributed by atoms with Crippen molar-refractivity contribution in [2.75, 3.05) is 38.9 Å². The number of anilines is 1. The second kappa shape index (κ2) is 11.5. The molecule has 0 atom stereocenters. The van der Waals surface area contributed by atoms with E-state index in [1.807, 2.05) is 26.0 Å². The van der Waals surface area contributed by atoms with E-state index in [1.165, 1.54) is 7.11 Å². The van der Waals surface area contributed by atoms with Gasteiger partial charge in [-0.1, -0.05) is 12.1 Å². The highest BCUT2D eigenvalue weighted by Crippen LogP contribution is 2.34. The van der Waals surface area contributed by atoms with E-state index in [-0.39, 0.29) is 41.9 Å². The maximum atomic E-state index is 12.5. The molecular weight excluding hydrogens is 422 g/mol. The summed E-state index contributed by atoms with van der Waals surface area (Å²) in [5, 5.41) is 2.87. The number of benzene rings is 1. The predicted octanol–water partition coefficient (Wildman–Crippen LogP) is 3.67. The number of hydrogen-bond acceptors (Lipinski definition) is 8. The fraction of sp³-hybridized carbons (Fsp3) is 0.409. The van der Waals surface area contributed by atoms with Crippen LogP contribution in [0.2, 0.25) is 0 Å². The maximum absolute atomic E-state index is 12.5. The van der Waals surface area contributed by atoms with Crippen molar-refractivity contribution in [1.82, 2.24) is 0 Å². The summed E-state index contributed by atoms with van der Waals surface area (Å²) >= 11 is 0.958. The van der Waals surface area contributed by atoms with Gasteiger partial charge in [0.15, 0.2) is 6.61 Å². The van der Waals surface area contributed by atoms with Crippen molar-refractivity contribution in [1.29, 1.82) is 0 Å². The Bertz CT molecular complexity index is 952. The Balaban J connectivity index is 2.19. The van der Waals surface area contributed by atoms with E-state index in [0.29, 0.717) is 11.3 Å². The lowest BCUT2D eigenvalue weighted by atomic mass is 10.1. The summed E-state index contributed by atoms with van der Waals surface area (Å²) < 4.78 is 20.7. The molecule has 0 aliphatic rings. The van der Waals surface area contributed by atoms with Crippen LogP contribution in [0.5, 0.6) is 5.75 Å². The molecule has 0 bridgehead atoms. The average Bonchev–Trinajstić information content (AvgIpc) is 3.05. The van der Waals surface area contributed by atoms with Gasteiger partial charge in [-0.25, -0.2) is 9.59 Å². The standard InChI is InChI=1S/C22H27NO7S/c1-6-28-21(25)18-15(4)19(22(26)29-11-10-27-5)31-20(18)23-17(24)12-30-16-9-7-8-13(2)14(16)3/h7-9H,6,10-12H2,1-5H3,(H,23,24). The molecule has 0 fully saturated rings. The molecule has 31 heavy (non-hydrogen) atoms. The highest BCUT2D eigenvalue weighted by atomic mass is 32.1. The summed E-state index contributed by atoms with van der Waals surface area (Å²) in [5.41, 5.74) is 2.51. The third kappa shape index (κ3) is 6.28. The van der Waals surface area contributed by atoms with Gasteiger partial charge < -0.3 is 24.3 Å². The van der Waals surface area contributed by atoms with Crippen molar-refractivity contribution in [3.05, 3.63) is 45.3 Å². The molecule has 2 aromatic rings. The van der Waals surface area contributed by atoms with Gasteiger partial charge in [-0.2, -0.15) is 0 Å². The fourth-order valence-electron chi connectivity index (χ4n) is 2.72. The first-order chi connectivity index (χ1) is 14.8. The van der Waals surface area contributed by atoms with Gasteiger partial charge in [-0.05, 0) is 50.5 Å². The van der Waals surface area contributed by atoms with Crippen LogP contribution in [0.4, 0.5) is 5.00 Å². The van der Waals surface area contributed by atoms with Crippen LogP contribution >= 0.6 is 11.3 Å². The highest BCUT2D eigenvalue weighted by Gasteiger charge is 2.27. The van der Waals surface area contributed by atoms with E-state index in [1.54, 1.807) is 19.9 Å². The Kier molecular flexibility index (Phi) is 9.02. The second-order valence-corrected chi connectivity index (χ2v) is 7.67. The summed E-state index contributed by atoms with van der Waals surface area (Å²) in [7, 11) is 1.50. The number of hydrogen-bond donors (Lipinski definition) is 1. The Morgan fingerprint density at radius 2 is 1.74 bits per heavy atom. The average molecular weight is 450 g/mol. The number of nitrogens with one attached hydrogen (secondary N) is 1. The zero-order chi connectivity index (χ0) is 23.0. The number of rotatable bonds is 10. The molecule has 0 aliphatic carbocycles. The first-order valence-electron chi connectivity index (χ1n) is 9.75. The zero-order valence-electron chi connectivity index (χ0n) is 18.3. The summed E-state index contributed by atoms with van der Waals surface area (Å²) in [5.74, 6) is -1.09. The molecule has 9 heteroatoms. The monoisotopic (exact) mass is 449 g/mol. The van der Waals surface area contributed by atoms with Crippen LogP contribution in [0, 0.1) is 20.8 Å². The molecule has 1 aromatic heterocycles. The minimum absolute atomic E-state index is 0.0762. The molecule has 8 nitrogen and oxygen atoms in total. The molecule has 1 aromatic carbocycles. The molecule has 168 valence electrons. The minimum Gasteiger partial charge on any atom is -0.483 e. The SMILES string of the molecule is CCOC(=O)c1c(NC(=O)COc2cccc(C)c2C)sc(C(=O)OCCOC)c1C. The van der Waals surface area contributed by atoms with Gasteiger partial charge in [-0.3, -0.25) is 4.79 Å². The van der Waals surface area contributed by atoms with Crippen LogP contribution in [-0.2, 0) is 19.0 Å². The van der Waals surface area contributed by atoms with Crippen LogP contribution in [0.25, 0.3) is 0 Å². The molecular formula is C22H27NO7S. The van der Waals surface area contributed by atoms with E-state index in [4.69, 9.17) is 18.9 Å². The van der Waals surface area contributed by atoms with E-state index in [2.05, 4.69) is 5.32 Å². The lowest BCUT2D eigenvalue weighted by molar-refractivity contribution is -0.118. The quantitative estimate of drug-likeness (QED) is 0.436. The van der Waals surface area contributed by atoms with Crippen LogP contribution < -0.4 is 10.1 Å². The number of amides is 1. The van der Waals surface area contributed by atoms with E-state index in [0.717, 1.165) is 22.5 Å². The van der Waals surface area contributed by atoms with E-state index in [9.17, 15) is 14.4 Å². The van der Waals surface area contributed by atoms with Gasteiger partial charge in [0.2, 0.25) is 0 Å². The topological polar surface area (TPSA) is 100 Å². The van der Waals surface area contributed by atoms with Gasteiger partial charge in [0.25, 0.3) is 5.91 Å². The van der Waals surface area contributed by atoms with Crippen molar-refractivity contribution in [3.63, 3.8) is 0 Å². The normalized spacial score (nSPS) is 10.5. The largest absolute Gasteiger partial charge is 0.483 e. The fourth-order valence-corrected chi connectivity index (χ4v) is 3.82. The molecule has 1 N–H and O–H groups in total. The molecule has 1 heterocycles. The lowest BCUT2D eigenvalue weighted by Gasteiger charge is -2.11. The van der Waals surface area contributed by atoms with Crippen LogP contribution in [0.3, 0.4) is 0 Å². The van der Waals surface area contributed by atoms with Crippen molar-refractivity contribution >= 4 is 34.2 Å². The van der Waals surface area contributed by atoms with Crippen LogP contribution in [0.1, 0.15) is 43.6 Å². The highest BCUT2D eigenvalue weighted by molar-refractivity contribution is 7.18. The van der Waals surface area contributed by atoms with Gasteiger partial charge >= 0.3 is 11.9 Å². The predicted molar refractivity (Wildman–Crippen MR) is 117 cm³/mol. The van der Waals surface area contributed by atoms with Crippen LogP contribution in [-0.4, -0.2) is 51.4 Å². The Labute approximate surface area is 185 Å². The summed E-state index contributed by atoms with van der Waals surface area (Å²) in [6.45, 7) is 7.38. The number of methoxy groups -OCH3 is 1. The second-order valence-electron chi connectivity index (χ2n) is 6.64. The third-order valence-corrected chi connectivity index (χ3v) is 5.69. The van der Waals surface area contributed by atoms with Gasteiger partial charge in [0.1, 0.15) is 22.2 Å². The molecule has 0 radical (unpaired) electrons. The smallest absolute Gasteiger partial charge is 0.348 e. The molecule has 0 saturated carbocycles. The summed E-state index contributed by atoms with van der Waals surface area (Å²) in [6, 6.07) is 5.58. The van der Waals surface area contributed by atoms with E-state index < -0.39 is 17.8 Å². The first kappa shape index (κ1) is 24.4. The van der Waals surface area contributed by atoms with E-state index >= 15 is 0 Å². The minimum atomic E-state index is -0.627. The number of thiophene rings is 1. The first-order valence-corrected chi connectivity index (χ1v) is 10.6. The molecule has 1 amide bonds. The number of esters is 2. The summed E-state index contributed by atoms with van der Waals surface area (Å²) in [6.07, 6.45) is 0. The Morgan fingerprint density at radius 3 is 2.42 bits per heavy atom. The number of carbonyl (C=O) groups is 3.